The van der Waals surface area contributed by atoms with Crippen molar-refractivity contribution in [2.75, 3.05) is 0 Å². The molecule has 2 heteroatoms. The average Bonchev–Trinajstić information content (AvgIpc) is 2.38. The third-order valence-electron chi connectivity index (χ3n) is 3.25. The van der Waals surface area contributed by atoms with Crippen LogP contribution in [0.15, 0.2) is 12.2 Å². The zero-order valence-electron chi connectivity index (χ0n) is 7.71. The maximum atomic E-state index is 11.7. The first-order chi connectivity index (χ1) is 6.26. The van der Waals surface area contributed by atoms with Gasteiger partial charge in [0.25, 0.3) is 0 Å². The van der Waals surface area contributed by atoms with Gasteiger partial charge in [-0.3, -0.25) is 9.59 Å². The van der Waals surface area contributed by atoms with Gasteiger partial charge in [0.1, 0.15) is 11.6 Å². The largest absolute Gasteiger partial charge is 0.299 e. The summed E-state index contributed by atoms with van der Waals surface area (Å²) in [6, 6.07) is 0. The van der Waals surface area contributed by atoms with E-state index in [0.29, 0.717) is 19.3 Å². The van der Waals surface area contributed by atoms with Crippen molar-refractivity contribution >= 4 is 11.6 Å². The summed E-state index contributed by atoms with van der Waals surface area (Å²) in [5, 5.41) is 0. The predicted octanol–water partition coefficient (Wildman–Crippen LogP) is 2.04. The van der Waals surface area contributed by atoms with Gasteiger partial charge < -0.3 is 0 Å². The molecule has 0 aromatic heterocycles. The number of carbonyl (C=O) groups excluding carboxylic acids is 2. The van der Waals surface area contributed by atoms with E-state index >= 15 is 0 Å². The Morgan fingerprint density at radius 1 is 1.08 bits per heavy atom. The molecule has 0 N–H and O–H groups in total. The summed E-state index contributed by atoms with van der Waals surface area (Å²) in [5.74, 6) is 0.369. The number of rotatable bonds is 0. The molecule has 0 aromatic rings. The SMILES string of the molecule is O=C1CCC(=O)C12CC=CCCC2. The van der Waals surface area contributed by atoms with Crippen LogP contribution in [0.2, 0.25) is 0 Å². The monoisotopic (exact) mass is 178 g/mol. The van der Waals surface area contributed by atoms with Crippen LogP contribution in [-0.4, -0.2) is 11.6 Å². The Balaban J connectivity index is 2.30. The molecule has 1 spiro atoms. The lowest BCUT2D eigenvalue weighted by molar-refractivity contribution is -0.135. The maximum Gasteiger partial charge on any atom is 0.147 e. The van der Waals surface area contributed by atoms with Gasteiger partial charge >= 0.3 is 0 Å². The smallest absolute Gasteiger partial charge is 0.147 e. The molecular weight excluding hydrogens is 164 g/mol. The van der Waals surface area contributed by atoms with Crippen LogP contribution in [0.1, 0.15) is 38.5 Å². The number of allylic oxidation sites excluding steroid dienone is 2. The first-order valence-corrected chi connectivity index (χ1v) is 4.97. The molecule has 0 unspecified atom stereocenters. The Bertz CT molecular complexity index is 260. The molecule has 70 valence electrons. The van der Waals surface area contributed by atoms with Gasteiger partial charge in [-0.2, -0.15) is 0 Å². The molecule has 2 aliphatic carbocycles. The molecule has 2 nitrogen and oxygen atoms in total. The molecule has 0 radical (unpaired) electrons. The molecule has 13 heavy (non-hydrogen) atoms. The van der Waals surface area contributed by atoms with Gasteiger partial charge in [0.15, 0.2) is 0 Å². The molecule has 0 bridgehead atoms. The van der Waals surface area contributed by atoms with Crippen molar-refractivity contribution in [1.82, 2.24) is 0 Å². The van der Waals surface area contributed by atoms with Crippen LogP contribution in [0, 0.1) is 5.41 Å². The van der Waals surface area contributed by atoms with Crippen LogP contribution < -0.4 is 0 Å². The molecule has 0 saturated heterocycles. The van der Waals surface area contributed by atoms with Gasteiger partial charge in [0.05, 0.1) is 5.41 Å². The summed E-state index contributed by atoms with van der Waals surface area (Å²) in [5.41, 5.74) is -0.590. The second-order valence-corrected chi connectivity index (χ2v) is 4.00. The first-order valence-electron chi connectivity index (χ1n) is 4.97. The van der Waals surface area contributed by atoms with E-state index in [-0.39, 0.29) is 11.6 Å². The van der Waals surface area contributed by atoms with Gasteiger partial charge in [-0.25, -0.2) is 0 Å². The van der Waals surface area contributed by atoms with E-state index in [1.165, 1.54) is 0 Å². The van der Waals surface area contributed by atoms with Crippen LogP contribution in [0.5, 0.6) is 0 Å². The molecule has 2 rings (SSSR count). The highest BCUT2D eigenvalue weighted by Crippen LogP contribution is 2.41. The summed E-state index contributed by atoms with van der Waals surface area (Å²) in [6.07, 6.45) is 8.49. The summed E-state index contributed by atoms with van der Waals surface area (Å²) in [6.45, 7) is 0. The predicted molar refractivity (Wildman–Crippen MR) is 49.3 cm³/mol. The lowest BCUT2D eigenvalue weighted by Gasteiger charge is -2.22. The van der Waals surface area contributed by atoms with E-state index in [1.54, 1.807) is 0 Å². The van der Waals surface area contributed by atoms with Gasteiger partial charge in [-0.15, -0.1) is 0 Å². The summed E-state index contributed by atoms with van der Waals surface area (Å²) >= 11 is 0. The normalized spacial score (nSPS) is 26.8. The number of Topliss-reactive ketones (excluding diaryl/α,β-unsaturated/α-hetero) is 2. The van der Waals surface area contributed by atoms with E-state index in [0.717, 1.165) is 19.3 Å². The van der Waals surface area contributed by atoms with Crippen LogP contribution in [0.25, 0.3) is 0 Å². The summed E-state index contributed by atoms with van der Waals surface area (Å²) in [7, 11) is 0. The fourth-order valence-corrected chi connectivity index (χ4v) is 2.39. The Morgan fingerprint density at radius 2 is 1.77 bits per heavy atom. The highest BCUT2D eigenvalue weighted by molar-refractivity contribution is 6.12. The van der Waals surface area contributed by atoms with Gasteiger partial charge in [0.2, 0.25) is 0 Å². The van der Waals surface area contributed by atoms with Crippen molar-refractivity contribution in [2.45, 2.75) is 38.5 Å². The Kier molecular flexibility index (Phi) is 2.06. The minimum atomic E-state index is -0.590. The quantitative estimate of drug-likeness (QED) is 0.420. The van der Waals surface area contributed by atoms with Gasteiger partial charge in [-0.1, -0.05) is 12.2 Å². The fourth-order valence-electron chi connectivity index (χ4n) is 2.39. The van der Waals surface area contributed by atoms with E-state index in [9.17, 15) is 9.59 Å². The molecule has 1 saturated carbocycles. The molecule has 0 atom stereocenters. The van der Waals surface area contributed by atoms with Crippen molar-refractivity contribution in [3.63, 3.8) is 0 Å². The zero-order valence-corrected chi connectivity index (χ0v) is 7.71. The number of ketones is 2. The third kappa shape index (κ3) is 1.25. The molecular formula is C11H14O2. The van der Waals surface area contributed by atoms with Gasteiger partial charge in [0, 0.05) is 12.8 Å². The topological polar surface area (TPSA) is 34.1 Å². The highest BCUT2D eigenvalue weighted by Gasteiger charge is 2.47. The fraction of sp³-hybridized carbons (Fsp3) is 0.636. The molecule has 0 aliphatic heterocycles. The Hall–Kier alpha value is -0.920. The van der Waals surface area contributed by atoms with Crippen LogP contribution in [-0.2, 0) is 9.59 Å². The molecule has 1 fully saturated rings. The minimum absolute atomic E-state index is 0.184. The lowest BCUT2D eigenvalue weighted by Crippen LogP contribution is -2.31. The Labute approximate surface area is 78.0 Å². The Morgan fingerprint density at radius 3 is 2.46 bits per heavy atom. The number of hydrogen-bond donors (Lipinski definition) is 0. The molecule has 2 aliphatic rings. The van der Waals surface area contributed by atoms with E-state index < -0.39 is 5.41 Å². The maximum absolute atomic E-state index is 11.7. The van der Waals surface area contributed by atoms with Crippen molar-refractivity contribution in [3.8, 4) is 0 Å². The summed E-state index contributed by atoms with van der Waals surface area (Å²) in [4.78, 5) is 23.3. The second-order valence-electron chi connectivity index (χ2n) is 4.00. The van der Waals surface area contributed by atoms with E-state index in [1.807, 2.05) is 6.08 Å². The number of carbonyl (C=O) groups is 2. The summed E-state index contributed by atoms with van der Waals surface area (Å²) < 4.78 is 0. The van der Waals surface area contributed by atoms with Gasteiger partial charge in [-0.05, 0) is 25.7 Å². The second kappa shape index (κ2) is 3.09. The number of hydrogen-bond acceptors (Lipinski definition) is 2. The van der Waals surface area contributed by atoms with Crippen molar-refractivity contribution in [2.24, 2.45) is 5.41 Å². The van der Waals surface area contributed by atoms with Crippen LogP contribution in [0.4, 0.5) is 0 Å². The standard InChI is InChI=1S/C11H14O2/c12-9-5-6-10(13)11(9)7-3-1-2-4-8-11/h1,3H,2,4-8H2. The third-order valence-corrected chi connectivity index (χ3v) is 3.25. The average molecular weight is 178 g/mol. The van der Waals surface area contributed by atoms with Crippen molar-refractivity contribution in [1.29, 1.82) is 0 Å². The molecule has 0 aromatic carbocycles. The lowest BCUT2D eigenvalue weighted by atomic mass is 9.78. The van der Waals surface area contributed by atoms with Crippen molar-refractivity contribution in [3.05, 3.63) is 12.2 Å². The minimum Gasteiger partial charge on any atom is -0.299 e. The van der Waals surface area contributed by atoms with E-state index in [2.05, 4.69) is 6.08 Å². The molecule has 0 amide bonds. The zero-order chi connectivity index (χ0) is 9.31. The van der Waals surface area contributed by atoms with Crippen molar-refractivity contribution < 1.29 is 9.59 Å². The molecule has 0 heterocycles. The van der Waals surface area contributed by atoms with Crippen LogP contribution in [0.3, 0.4) is 0 Å². The highest BCUT2D eigenvalue weighted by atomic mass is 16.2. The first kappa shape index (κ1) is 8.67. The van der Waals surface area contributed by atoms with E-state index in [4.69, 9.17) is 0 Å². The van der Waals surface area contributed by atoms with Crippen LogP contribution >= 0.6 is 0 Å².